The van der Waals surface area contributed by atoms with Crippen LogP contribution in [0.5, 0.6) is 0 Å². The Morgan fingerprint density at radius 1 is 0.767 bits per heavy atom. The van der Waals surface area contributed by atoms with Gasteiger partial charge in [0.1, 0.15) is 17.9 Å². The van der Waals surface area contributed by atoms with Crippen molar-refractivity contribution in [2.24, 2.45) is 22.7 Å². The average molecular weight is 814 g/mol. The summed E-state index contributed by atoms with van der Waals surface area (Å²) in [5.41, 5.74) is 7.38. The van der Waals surface area contributed by atoms with Gasteiger partial charge in [-0.25, -0.2) is 14.6 Å². The molecule has 3 N–H and O–H groups in total. The van der Waals surface area contributed by atoms with Crippen molar-refractivity contribution in [1.82, 2.24) is 30.4 Å². The molecular weight excluding hydrogens is 759 g/mol. The minimum absolute atomic E-state index is 0.0518. The number of carbonyl (C=O) groups excluding carboxylic acids is 4. The number of H-pyrrole nitrogens is 1. The standard InChI is InChI=1S/C47H55N7O6/c1-26(2)40(51-46(57)59-5)44(55)53-19-7-8-39(53)43-49-25-38(50-43)33-16-15-31-20-30(13-14-32(31)21-33)28-9-11-29(12-10-28)35-23-37(48-24-35)42-34-17-18-36(22-34)54(42)45(56)41(27(3)4)52-47(58)60-6/h9-16,20-21,24-27,34,36,39-42H,7-8,17-19,22-23H2,1-6H3,(H,49,50)(H,51,57)(H,52,58)/t34-,36+,39+,40+,41+,42+/m1/s1. The summed E-state index contributed by atoms with van der Waals surface area (Å²) < 4.78 is 9.61. The molecule has 60 heavy (non-hydrogen) atoms. The van der Waals surface area contributed by atoms with Crippen LogP contribution in [0.1, 0.15) is 83.6 Å². The second-order valence-electron chi connectivity index (χ2n) is 17.3. The molecular formula is C47H55N7O6. The number of nitrogens with one attached hydrogen (secondary N) is 3. The fraction of sp³-hybridized carbons (Fsp3) is 0.447. The highest BCUT2D eigenvalue weighted by molar-refractivity contribution is 6.04. The number of hydrogen-bond acceptors (Lipinski definition) is 8. The van der Waals surface area contributed by atoms with Crippen LogP contribution < -0.4 is 10.6 Å². The van der Waals surface area contributed by atoms with Crippen LogP contribution in [0.3, 0.4) is 0 Å². The minimum Gasteiger partial charge on any atom is -0.453 e. The number of rotatable bonds is 11. The topological polar surface area (TPSA) is 158 Å². The third-order valence-electron chi connectivity index (χ3n) is 12.9. The molecule has 6 atom stereocenters. The lowest BCUT2D eigenvalue weighted by atomic mass is 9.89. The van der Waals surface area contributed by atoms with Crippen molar-refractivity contribution < 1.29 is 28.7 Å². The Labute approximate surface area is 351 Å². The molecule has 3 aliphatic heterocycles. The molecule has 13 heteroatoms. The number of imidazole rings is 1. The fourth-order valence-electron chi connectivity index (χ4n) is 9.71. The van der Waals surface area contributed by atoms with Crippen LogP contribution in [-0.2, 0) is 19.1 Å². The summed E-state index contributed by atoms with van der Waals surface area (Å²) >= 11 is 0. The number of benzene rings is 3. The molecule has 2 bridgehead atoms. The highest BCUT2D eigenvalue weighted by Gasteiger charge is 2.52. The number of nitrogens with zero attached hydrogens (tertiary/aromatic N) is 4. The Balaban J connectivity index is 0.925. The van der Waals surface area contributed by atoms with Crippen LogP contribution in [0, 0.1) is 17.8 Å². The number of allylic oxidation sites excluding steroid dienone is 1. The van der Waals surface area contributed by atoms with E-state index in [1.807, 2.05) is 49.9 Å². The van der Waals surface area contributed by atoms with Crippen LogP contribution >= 0.6 is 0 Å². The molecule has 1 saturated carbocycles. The molecule has 4 aliphatic rings. The number of fused-ring (bicyclic) bond motifs is 3. The molecule has 1 aromatic heterocycles. The predicted molar refractivity (Wildman–Crippen MR) is 231 cm³/mol. The van der Waals surface area contributed by atoms with Crippen LogP contribution in [0.15, 0.2) is 78.1 Å². The number of hydrogen-bond donors (Lipinski definition) is 3. The van der Waals surface area contributed by atoms with Gasteiger partial charge in [0.05, 0.1) is 38.2 Å². The smallest absolute Gasteiger partial charge is 0.407 e. The summed E-state index contributed by atoms with van der Waals surface area (Å²) in [5.74, 6) is 0.744. The zero-order valence-corrected chi connectivity index (χ0v) is 35.2. The quantitative estimate of drug-likeness (QED) is 0.139. The van der Waals surface area contributed by atoms with Gasteiger partial charge < -0.3 is 34.9 Å². The van der Waals surface area contributed by atoms with Crippen LogP contribution in [0.25, 0.3) is 38.7 Å². The van der Waals surface area contributed by atoms with Gasteiger partial charge in [-0.05, 0) is 95.0 Å². The van der Waals surface area contributed by atoms with E-state index in [-0.39, 0.29) is 41.8 Å². The largest absolute Gasteiger partial charge is 0.453 e. The molecule has 4 amide bonds. The third-order valence-corrected chi connectivity index (χ3v) is 12.9. The summed E-state index contributed by atoms with van der Waals surface area (Å²) in [6, 6.07) is 20.0. The molecule has 1 aliphatic carbocycles. The summed E-state index contributed by atoms with van der Waals surface area (Å²) in [6.45, 7) is 8.30. The lowest BCUT2D eigenvalue weighted by Gasteiger charge is -2.38. The maximum atomic E-state index is 14.0. The number of likely N-dealkylation sites (tertiary alicyclic amines) is 2. The number of piperidine rings is 1. The fourth-order valence-corrected chi connectivity index (χ4v) is 9.71. The van der Waals surface area contributed by atoms with E-state index in [1.54, 1.807) is 0 Å². The highest BCUT2D eigenvalue weighted by Crippen LogP contribution is 2.45. The Morgan fingerprint density at radius 3 is 2.05 bits per heavy atom. The number of aromatic nitrogens is 2. The summed E-state index contributed by atoms with van der Waals surface area (Å²) in [7, 11) is 2.61. The predicted octanol–water partition coefficient (Wildman–Crippen LogP) is 7.89. The van der Waals surface area contributed by atoms with Crippen molar-refractivity contribution in [3.05, 3.63) is 84.4 Å². The van der Waals surface area contributed by atoms with Crippen molar-refractivity contribution in [2.45, 2.75) is 96.4 Å². The number of methoxy groups -OCH3 is 2. The maximum absolute atomic E-state index is 14.0. The zero-order chi connectivity index (χ0) is 42.2. The average Bonchev–Trinajstić information content (AvgIpc) is 4.12. The van der Waals surface area contributed by atoms with Crippen LogP contribution in [0.4, 0.5) is 9.59 Å². The number of carbonyl (C=O) groups is 4. The SMILES string of the molecule is COC(=O)N[C@H](C(=O)N1CCC[C@H]1c1ncc(-c2ccc3cc(-c4ccc(C5=CN=C([C@@H]6[C@@H]7CC[C@@H](C7)N6C(=O)[C@@H](NC(=O)OC)C(C)C)C5)cc4)ccc3c2)[nH]1)C(C)C. The Bertz CT molecular complexity index is 2350. The van der Waals surface area contributed by atoms with E-state index >= 15 is 0 Å². The molecule has 0 radical (unpaired) electrons. The number of aromatic amines is 1. The first-order chi connectivity index (χ1) is 28.9. The molecule has 0 unspecified atom stereocenters. The first kappa shape index (κ1) is 40.8. The Kier molecular flexibility index (Phi) is 11.5. The van der Waals surface area contributed by atoms with Crippen molar-refractivity contribution in [1.29, 1.82) is 0 Å². The van der Waals surface area contributed by atoms with E-state index in [9.17, 15) is 19.2 Å². The van der Waals surface area contributed by atoms with Gasteiger partial charge >= 0.3 is 12.2 Å². The zero-order valence-electron chi connectivity index (χ0n) is 35.2. The number of amides is 4. The van der Waals surface area contributed by atoms with E-state index in [1.165, 1.54) is 14.2 Å². The van der Waals surface area contributed by atoms with Gasteiger partial charge in [0.2, 0.25) is 11.8 Å². The third kappa shape index (κ3) is 7.89. The lowest BCUT2D eigenvalue weighted by Crippen LogP contribution is -2.57. The maximum Gasteiger partial charge on any atom is 0.407 e. The van der Waals surface area contributed by atoms with E-state index in [0.717, 1.165) is 87.9 Å². The molecule has 0 spiro atoms. The summed E-state index contributed by atoms with van der Waals surface area (Å²) in [5, 5.41) is 7.71. The van der Waals surface area contributed by atoms with Gasteiger partial charge in [-0.3, -0.25) is 14.6 Å². The van der Waals surface area contributed by atoms with E-state index < -0.39 is 24.3 Å². The van der Waals surface area contributed by atoms with Crippen molar-refractivity contribution in [2.75, 3.05) is 20.8 Å². The van der Waals surface area contributed by atoms with Crippen molar-refractivity contribution in [3.8, 4) is 22.4 Å². The van der Waals surface area contributed by atoms with E-state index in [0.29, 0.717) is 18.9 Å². The van der Waals surface area contributed by atoms with E-state index in [4.69, 9.17) is 19.5 Å². The molecule has 8 rings (SSSR count). The number of alkyl carbamates (subject to hydrolysis) is 2. The van der Waals surface area contributed by atoms with Gasteiger partial charge in [0.15, 0.2) is 0 Å². The second kappa shape index (κ2) is 16.9. The Hall–Kier alpha value is -5.98. The lowest BCUT2D eigenvalue weighted by molar-refractivity contribution is -0.137. The van der Waals surface area contributed by atoms with Crippen LogP contribution in [0.2, 0.25) is 0 Å². The molecule has 3 aromatic carbocycles. The molecule has 314 valence electrons. The van der Waals surface area contributed by atoms with Crippen molar-refractivity contribution >= 4 is 46.1 Å². The van der Waals surface area contributed by atoms with Gasteiger partial charge in [-0.15, -0.1) is 0 Å². The molecule has 3 fully saturated rings. The molecule has 13 nitrogen and oxygen atoms in total. The highest BCUT2D eigenvalue weighted by atomic mass is 16.5. The first-order valence-electron chi connectivity index (χ1n) is 21.2. The first-order valence-corrected chi connectivity index (χ1v) is 21.2. The molecule has 4 aromatic rings. The van der Waals surface area contributed by atoms with Crippen LogP contribution in [-0.4, -0.2) is 94.4 Å². The second-order valence-corrected chi connectivity index (χ2v) is 17.3. The molecule has 2 saturated heterocycles. The van der Waals surface area contributed by atoms with Gasteiger partial charge in [-0.1, -0.05) is 76.2 Å². The normalized spacial score (nSPS) is 21.9. The van der Waals surface area contributed by atoms with E-state index in [2.05, 4.69) is 76.3 Å². The minimum atomic E-state index is -0.685. The Morgan fingerprint density at radius 2 is 1.38 bits per heavy atom. The van der Waals surface area contributed by atoms with Gasteiger partial charge in [0.25, 0.3) is 0 Å². The summed E-state index contributed by atoms with van der Waals surface area (Å²) in [4.78, 5) is 68.7. The number of ether oxygens (including phenoxy) is 2. The monoisotopic (exact) mass is 813 g/mol. The van der Waals surface area contributed by atoms with Gasteiger partial charge in [-0.2, -0.15) is 0 Å². The molecule has 4 heterocycles. The summed E-state index contributed by atoms with van der Waals surface area (Å²) in [6.07, 6.45) is 7.94. The van der Waals surface area contributed by atoms with Gasteiger partial charge in [0, 0.05) is 36.5 Å². The van der Waals surface area contributed by atoms with Crippen molar-refractivity contribution in [3.63, 3.8) is 0 Å². The number of aliphatic imine (C=N–C) groups is 1.